The number of aryl methyl sites for hydroxylation is 1. The van der Waals surface area contributed by atoms with Crippen molar-refractivity contribution in [3.8, 4) is 0 Å². The third kappa shape index (κ3) is 3.45. The Morgan fingerprint density at radius 3 is 2.67 bits per heavy atom. The molecule has 0 aliphatic heterocycles. The van der Waals surface area contributed by atoms with Gasteiger partial charge in [0.05, 0.1) is 13.2 Å². The molecular weight excluding hydrogens is 314 g/mol. The van der Waals surface area contributed by atoms with Crippen LogP contribution in [0.5, 0.6) is 0 Å². The normalized spacial score (nSPS) is 22.4. The number of carbonyl (C=O) groups is 1. The Morgan fingerprint density at radius 1 is 1.38 bits per heavy atom. The molecule has 0 amide bonds. The van der Waals surface area contributed by atoms with E-state index in [9.17, 15) is 13.2 Å². The molecule has 1 aromatic heterocycles. The maximum atomic E-state index is 12.6. The summed E-state index contributed by atoms with van der Waals surface area (Å²) in [6.45, 7) is 1.67. The number of hydrogen-bond acceptors (Lipinski definition) is 6. The van der Waals surface area contributed by atoms with E-state index in [-0.39, 0.29) is 21.9 Å². The van der Waals surface area contributed by atoms with Crippen LogP contribution in [0.15, 0.2) is 10.3 Å². The van der Waals surface area contributed by atoms with Gasteiger partial charge in [-0.2, -0.15) is 0 Å². The maximum absolute atomic E-state index is 12.6. The molecule has 6 nitrogen and oxygen atoms in total. The number of hydrogen-bond donors (Lipinski definition) is 1. The molecule has 8 heteroatoms. The second-order valence-corrected chi connectivity index (χ2v) is 7.59. The molecule has 1 heterocycles. The summed E-state index contributed by atoms with van der Waals surface area (Å²) >= 11 is 1.08. The minimum Gasteiger partial charge on any atom is -0.465 e. The fourth-order valence-corrected chi connectivity index (χ4v) is 5.53. The molecular formula is C13H19NO5S2. The van der Waals surface area contributed by atoms with Crippen molar-refractivity contribution in [1.82, 2.24) is 4.72 Å². The summed E-state index contributed by atoms with van der Waals surface area (Å²) in [5, 5.41) is 1.65. The highest BCUT2D eigenvalue weighted by Crippen LogP contribution is 2.29. The van der Waals surface area contributed by atoms with Gasteiger partial charge in [-0.3, -0.25) is 0 Å². The Kier molecular flexibility index (Phi) is 5.03. The van der Waals surface area contributed by atoms with Crippen molar-refractivity contribution in [2.45, 2.75) is 43.2 Å². The molecule has 0 saturated heterocycles. The average Bonchev–Trinajstić information content (AvgIpc) is 3.04. The van der Waals surface area contributed by atoms with E-state index < -0.39 is 16.0 Å². The summed E-state index contributed by atoms with van der Waals surface area (Å²) < 4.78 is 37.7. The van der Waals surface area contributed by atoms with E-state index in [2.05, 4.69) is 9.46 Å². The molecule has 1 aliphatic rings. The van der Waals surface area contributed by atoms with Crippen molar-refractivity contribution >= 4 is 27.3 Å². The summed E-state index contributed by atoms with van der Waals surface area (Å²) in [6, 6.07) is -0.162. The van der Waals surface area contributed by atoms with Gasteiger partial charge in [-0.1, -0.05) is 0 Å². The van der Waals surface area contributed by atoms with Gasteiger partial charge in [0.25, 0.3) is 0 Å². The van der Waals surface area contributed by atoms with Crippen LogP contribution < -0.4 is 4.72 Å². The highest BCUT2D eigenvalue weighted by Gasteiger charge is 2.32. The van der Waals surface area contributed by atoms with Gasteiger partial charge in [-0.05, 0) is 37.1 Å². The lowest BCUT2D eigenvalue weighted by molar-refractivity contribution is 0.0602. The summed E-state index contributed by atoms with van der Waals surface area (Å²) in [5.74, 6) is -0.630. The number of esters is 1. The summed E-state index contributed by atoms with van der Waals surface area (Å²) in [6.07, 6.45) is 2.29. The molecule has 2 atom stereocenters. The minimum absolute atomic E-state index is 0.0280. The number of nitrogens with one attached hydrogen (secondary N) is 1. The second kappa shape index (κ2) is 6.43. The smallest absolute Gasteiger partial charge is 0.349 e. The van der Waals surface area contributed by atoms with E-state index >= 15 is 0 Å². The molecule has 1 fully saturated rings. The molecule has 0 bridgehead atoms. The van der Waals surface area contributed by atoms with Crippen molar-refractivity contribution < 1.29 is 22.7 Å². The van der Waals surface area contributed by atoms with Crippen LogP contribution in [-0.2, 0) is 19.5 Å². The van der Waals surface area contributed by atoms with Crippen LogP contribution in [0.4, 0.5) is 0 Å². The SMILES string of the molecule is COC(=O)c1scc(C)c1S(=O)(=O)NC1CCC(OC)C1. The lowest BCUT2D eigenvalue weighted by Gasteiger charge is -2.14. The van der Waals surface area contributed by atoms with Gasteiger partial charge < -0.3 is 9.47 Å². The van der Waals surface area contributed by atoms with Gasteiger partial charge in [-0.25, -0.2) is 17.9 Å². The van der Waals surface area contributed by atoms with Crippen molar-refractivity contribution in [2.24, 2.45) is 0 Å². The highest BCUT2D eigenvalue weighted by atomic mass is 32.2. The van der Waals surface area contributed by atoms with E-state index in [1.165, 1.54) is 7.11 Å². The fraction of sp³-hybridized carbons (Fsp3) is 0.615. The quantitative estimate of drug-likeness (QED) is 0.829. The maximum Gasteiger partial charge on any atom is 0.349 e. The van der Waals surface area contributed by atoms with Crippen molar-refractivity contribution in [2.75, 3.05) is 14.2 Å². The van der Waals surface area contributed by atoms with Crippen LogP contribution in [0, 0.1) is 6.92 Å². The van der Waals surface area contributed by atoms with Crippen LogP contribution in [0.3, 0.4) is 0 Å². The molecule has 2 unspecified atom stereocenters. The predicted molar refractivity (Wildman–Crippen MR) is 79.2 cm³/mol. The second-order valence-electron chi connectivity index (χ2n) is 5.06. The molecule has 21 heavy (non-hydrogen) atoms. The van der Waals surface area contributed by atoms with Crippen LogP contribution >= 0.6 is 11.3 Å². The number of methoxy groups -OCH3 is 2. The van der Waals surface area contributed by atoms with E-state index in [4.69, 9.17) is 4.74 Å². The fourth-order valence-electron chi connectivity index (χ4n) is 2.54. The van der Waals surface area contributed by atoms with Gasteiger partial charge in [0.2, 0.25) is 10.0 Å². The molecule has 0 aromatic carbocycles. The van der Waals surface area contributed by atoms with Gasteiger partial charge in [-0.15, -0.1) is 11.3 Å². The predicted octanol–water partition coefficient (Wildman–Crippen LogP) is 1.69. The molecule has 1 N–H and O–H groups in total. The number of thiophene rings is 1. The largest absolute Gasteiger partial charge is 0.465 e. The first-order valence-electron chi connectivity index (χ1n) is 6.60. The Labute approximate surface area is 128 Å². The minimum atomic E-state index is -3.74. The zero-order valence-corrected chi connectivity index (χ0v) is 13.8. The zero-order chi connectivity index (χ0) is 15.6. The highest BCUT2D eigenvalue weighted by molar-refractivity contribution is 7.89. The Bertz CT molecular complexity index is 623. The summed E-state index contributed by atoms with van der Waals surface area (Å²) in [5.41, 5.74) is 0.550. The molecule has 0 spiro atoms. The standard InChI is InChI=1S/C13H19NO5S2/c1-8-7-20-11(13(15)19-3)12(8)21(16,17)14-9-4-5-10(6-9)18-2/h7,9-10,14H,4-6H2,1-3H3. The molecule has 118 valence electrons. The van der Waals surface area contributed by atoms with Crippen LogP contribution in [0.2, 0.25) is 0 Å². The Morgan fingerprint density at radius 2 is 2.10 bits per heavy atom. The van der Waals surface area contributed by atoms with Gasteiger partial charge >= 0.3 is 5.97 Å². The summed E-state index contributed by atoms with van der Waals surface area (Å²) in [7, 11) is -0.882. The average molecular weight is 333 g/mol. The van der Waals surface area contributed by atoms with Crippen LogP contribution in [0.25, 0.3) is 0 Å². The summed E-state index contributed by atoms with van der Waals surface area (Å²) in [4.78, 5) is 11.8. The number of ether oxygens (including phenoxy) is 2. The molecule has 1 saturated carbocycles. The zero-order valence-electron chi connectivity index (χ0n) is 12.2. The van der Waals surface area contributed by atoms with Crippen molar-refractivity contribution in [3.63, 3.8) is 0 Å². The van der Waals surface area contributed by atoms with Crippen LogP contribution in [0.1, 0.15) is 34.5 Å². The van der Waals surface area contributed by atoms with Crippen molar-refractivity contribution in [1.29, 1.82) is 0 Å². The van der Waals surface area contributed by atoms with Gasteiger partial charge in [0, 0.05) is 13.2 Å². The van der Waals surface area contributed by atoms with E-state index in [1.807, 2.05) is 0 Å². The van der Waals surface area contributed by atoms with Gasteiger partial charge in [0.15, 0.2) is 0 Å². The van der Waals surface area contributed by atoms with Gasteiger partial charge in [0.1, 0.15) is 9.77 Å². The number of sulfonamides is 1. The molecule has 0 radical (unpaired) electrons. The monoisotopic (exact) mass is 333 g/mol. The first-order chi connectivity index (χ1) is 9.89. The van der Waals surface area contributed by atoms with E-state index in [1.54, 1.807) is 19.4 Å². The third-order valence-corrected chi connectivity index (χ3v) is 6.51. The lowest BCUT2D eigenvalue weighted by atomic mass is 10.3. The molecule has 1 aromatic rings. The Balaban J connectivity index is 2.24. The molecule has 1 aliphatic carbocycles. The van der Waals surface area contributed by atoms with E-state index in [0.717, 1.165) is 24.2 Å². The molecule has 2 rings (SSSR count). The van der Waals surface area contributed by atoms with Crippen LogP contribution in [-0.4, -0.2) is 40.8 Å². The Hall–Kier alpha value is -0.960. The topological polar surface area (TPSA) is 81.7 Å². The van der Waals surface area contributed by atoms with Crippen molar-refractivity contribution in [3.05, 3.63) is 15.8 Å². The number of carbonyl (C=O) groups excluding carboxylic acids is 1. The first kappa shape index (κ1) is 16.4. The lowest BCUT2D eigenvalue weighted by Crippen LogP contribution is -2.34. The number of rotatable bonds is 5. The van der Waals surface area contributed by atoms with E-state index in [0.29, 0.717) is 12.0 Å². The third-order valence-electron chi connectivity index (χ3n) is 3.60. The first-order valence-corrected chi connectivity index (χ1v) is 8.97.